The second-order valence-electron chi connectivity index (χ2n) is 5.45. The quantitative estimate of drug-likeness (QED) is 0.797. The molecule has 0 heterocycles. The largest absolute Gasteiger partial charge is 0.391 e. The van der Waals surface area contributed by atoms with Gasteiger partial charge >= 0.3 is 6.18 Å². The second kappa shape index (κ2) is 5.53. The number of halogens is 5. The SMILES string of the molecule is OC1(Cc2cccc(Cl)c2F)CCCC(C(F)(F)F)C1. The lowest BCUT2D eigenvalue weighted by atomic mass is 9.75. The van der Waals surface area contributed by atoms with Crippen LogP contribution in [-0.4, -0.2) is 16.9 Å². The molecule has 0 bridgehead atoms. The lowest BCUT2D eigenvalue weighted by Crippen LogP contribution is -2.42. The van der Waals surface area contributed by atoms with Gasteiger partial charge < -0.3 is 5.11 Å². The van der Waals surface area contributed by atoms with Crippen molar-refractivity contribution in [2.24, 2.45) is 5.92 Å². The van der Waals surface area contributed by atoms with Crippen LogP contribution in [0, 0.1) is 11.7 Å². The third kappa shape index (κ3) is 3.44. The normalized spacial score (nSPS) is 27.6. The topological polar surface area (TPSA) is 20.2 Å². The van der Waals surface area contributed by atoms with E-state index in [1.54, 1.807) is 0 Å². The molecule has 0 saturated heterocycles. The molecule has 20 heavy (non-hydrogen) atoms. The Hall–Kier alpha value is -0.810. The van der Waals surface area contributed by atoms with Gasteiger partial charge in [0.15, 0.2) is 0 Å². The van der Waals surface area contributed by atoms with E-state index in [-0.39, 0.29) is 42.7 Å². The highest BCUT2D eigenvalue weighted by atomic mass is 35.5. The summed E-state index contributed by atoms with van der Waals surface area (Å²) in [6.07, 6.45) is -4.31. The maximum atomic E-state index is 13.8. The second-order valence-corrected chi connectivity index (χ2v) is 5.86. The molecule has 1 aliphatic carbocycles. The summed E-state index contributed by atoms with van der Waals surface area (Å²) in [4.78, 5) is 0. The third-order valence-corrected chi connectivity index (χ3v) is 4.13. The van der Waals surface area contributed by atoms with E-state index in [9.17, 15) is 22.7 Å². The van der Waals surface area contributed by atoms with Crippen molar-refractivity contribution in [1.29, 1.82) is 0 Å². The summed E-state index contributed by atoms with van der Waals surface area (Å²) in [5.41, 5.74) is -1.37. The lowest BCUT2D eigenvalue weighted by Gasteiger charge is -2.37. The zero-order valence-electron chi connectivity index (χ0n) is 10.7. The highest BCUT2D eigenvalue weighted by molar-refractivity contribution is 6.30. The van der Waals surface area contributed by atoms with E-state index in [1.165, 1.54) is 18.2 Å². The highest BCUT2D eigenvalue weighted by Crippen LogP contribution is 2.43. The smallest absolute Gasteiger partial charge is 0.390 e. The summed E-state index contributed by atoms with van der Waals surface area (Å²) >= 11 is 5.64. The maximum absolute atomic E-state index is 13.8. The van der Waals surface area contributed by atoms with Crippen LogP contribution in [0.2, 0.25) is 5.02 Å². The van der Waals surface area contributed by atoms with Gasteiger partial charge in [0.1, 0.15) is 5.82 Å². The van der Waals surface area contributed by atoms with Crippen molar-refractivity contribution in [1.82, 2.24) is 0 Å². The summed E-state index contributed by atoms with van der Waals surface area (Å²) in [6.45, 7) is 0. The minimum absolute atomic E-state index is 0.0177. The first kappa shape index (κ1) is 15.6. The predicted molar refractivity (Wildman–Crippen MR) is 68.1 cm³/mol. The summed E-state index contributed by atoms with van der Waals surface area (Å²) in [6, 6.07) is 4.33. The standard InChI is InChI=1S/C14H15ClF4O/c15-11-5-1-3-9(12(11)16)7-13(20)6-2-4-10(8-13)14(17,18)19/h1,3,5,10,20H,2,4,6-8H2. The molecule has 0 aromatic heterocycles. The van der Waals surface area contributed by atoms with Gasteiger partial charge in [-0.3, -0.25) is 0 Å². The molecule has 2 atom stereocenters. The van der Waals surface area contributed by atoms with Crippen molar-refractivity contribution in [3.63, 3.8) is 0 Å². The van der Waals surface area contributed by atoms with Gasteiger partial charge in [-0.1, -0.05) is 23.7 Å². The van der Waals surface area contributed by atoms with Crippen LogP contribution in [-0.2, 0) is 6.42 Å². The first-order chi connectivity index (χ1) is 9.21. The van der Waals surface area contributed by atoms with Crippen molar-refractivity contribution >= 4 is 11.6 Å². The molecule has 2 unspecified atom stereocenters. The average molecular weight is 311 g/mol. The van der Waals surface area contributed by atoms with Gasteiger partial charge in [0.2, 0.25) is 0 Å². The fourth-order valence-electron chi connectivity index (χ4n) is 2.82. The van der Waals surface area contributed by atoms with Crippen molar-refractivity contribution in [3.8, 4) is 0 Å². The Morgan fingerprint density at radius 1 is 1.35 bits per heavy atom. The fourth-order valence-corrected chi connectivity index (χ4v) is 3.01. The zero-order valence-corrected chi connectivity index (χ0v) is 11.4. The van der Waals surface area contributed by atoms with E-state index >= 15 is 0 Å². The van der Waals surface area contributed by atoms with Crippen molar-refractivity contribution in [3.05, 3.63) is 34.6 Å². The van der Waals surface area contributed by atoms with Gasteiger partial charge in [0.25, 0.3) is 0 Å². The molecule has 0 aliphatic heterocycles. The molecule has 1 N–H and O–H groups in total. The first-order valence-corrected chi connectivity index (χ1v) is 6.81. The Kier molecular flexibility index (Phi) is 4.30. The highest BCUT2D eigenvalue weighted by Gasteiger charge is 2.47. The third-order valence-electron chi connectivity index (χ3n) is 3.84. The van der Waals surface area contributed by atoms with Crippen LogP contribution < -0.4 is 0 Å². The maximum Gasteiger partial charge on any atom is 0.391 e. The van der Waals surface area contributed by atoms with Crippen molar-refractivity contribution in [2.45, 2.75) is 43.9 Å². The van der Waals surface area contributed by atoms with Gasteiger partial charge in [0.05, 0.1) is 16.5 Å². The fraction of sp³-hybridized carbons (Fsp3) is 0.571. The van der Waals surface area contributed by atoms with Gasteiger partial charge in [0, 0.05) is 6.42 Å². The van der Waals surface area contributed by atoms with Crippen LogP contribution in [0.4, 0.5) is 17.6 Å². The van der Waals surface area contributed by atoms with E-state index in [1.807, 2.05) is 0 Å². The number of benzene rings is 1. The molecule has 1 aliphatic rings. The Balaban J connectivity index is 2.17. The molecule has 0 radical (unpaired) electrons. The van der Waals surface area contributed by atoms with Gasteiger partial charge in [-0.15, -0.1) is 0 Å². The Morgan fingerprint density at radius 2 is 2.05 bits per heavy atom. The summed E-state index contributed by atoms with van der Waals surface area (Å²) in [5.74, 6) is -2.19. The number of aliphatic hydroxyl groups is 1. The molecular weight excluding hydrogens is 296 g/mol. The van der Waals surface area contributed by atoms with Crippen LogP contribution in [0.3, 0.4) is 0 Å². The summed E-state index contributed by atoms with van der Waals surface area (Å²) < 4.78 is 52.1. The van der Waals surface area contributed by atoms with Crippen molar-refractivity contribution < 1.29 is 22.7 Å². The van der Waals surface area contributed by atoms with E-state index in [2.05, 4.69) is 0 Å². The van der Waals surface area contributed by atoms with Crippen LogP contribution >= 0.6 is 11.6 Å². The Labute approximate surface area is 119 Å². The average Bonchev–Trinajstić information content (AvgIpc) is 2.34. The van der Waals surface area contributed by atoms with E-state index in [4.69, 9.17) is 11.6 Å². The summed E-state index contributed by atoms with van der Waals surface area (Å²) in [7, 11) is 0. The molecule has 112 valence electrons. The predicted octanol–water partition coefficient (Wildman–Crippen LogP) is 4.51. The molecule has 1 saturated carbocycles. The lowest BCUT2D eigenvalue weighted by molar-refractivity contribution is -0.200. The Bertz CT molecular complexity index is 489. The molecule has 1 fully saturated rings. The first-order valence-electron chi connectivity index (χ1n) is 6.43. The number of alkyl halides is 3. The van der Waals surface area contributed by atoms with Crippen LogP contribution in [0.25, 0.3) is 0 Å². The number of rotatable bonds is 2. The molecule has 0 spiro atoms. The van der Waals surface area contributed by atoms with Gasteiger partial charge in [-0.25, -0.2) is 4.39 Å². The minimum Gasteiger partial charge on any atom is -0.390 e. The van der Waals surface area contributed by atoms with Crippen LogP contribution in [0.5, 0.6) is 0 Å². The Morgan fingerprint density at radius 3 is 2.70 bits per heavy atom. The van der Waals surface area contributed by atoms with E-state index in [0.717, 1.165) is 0 Å². The number of hydrogen-bond donors (Lipinski definition) is 1. The molecule has 2 rings (SSSR count). The molecule has 1 aromatic rings. The molecule has 1 aromatic carbocycles. The van der Waals surface area contributed by atoms with Crippen LogP contribution in [0.1, 0.15) is 31.2 Å². The minimum atomic E-state index is -4.32. The van der Waals surface area contributed by atoms with Gasteiger partial charge in [-0.2, -0.15) is 13.2 Å². The molecule has 0 amide bonds. The molecule has 6 heteroatoms. The van der Waals surface area contributed by atoms with Crippen molar-refractivity contribution in [2.75, 3.05) is 0 Å². The monoisotopic (exact) mass is 310 g/mol. The molecule has 1 nitrogen and oxygen atoms in total. The molecular formula is C14H15ClF4O. The number of hydrogen-bond acceptors (Lipinski definition) is 1. The van der Waals surface area contributed by atoms with Gasteiger partial charge in [-0.05, 0) is 37.3 Å². The van der Waals surface area contributed by atoms with E-state index in [0.29, 0.717) is 0 Å². The van der Waals surface area contributed by atoms with Crippen LogP contribution in [0.15, 0.2) is 18.2 Å². The van der Waals surface area contributed by atoms with E-state index < -0.39 is 23.5 Å². The summed E-state index contributed by atoms with van der Waals surface area (Å²) in [5, 5.41) is 10.3. The zero-order chi connectivity index (χ0) is 15.0.